The molecule has 0 aromatic carbocycles. The summed E-state index contributed by atoms with van der Waals surface area (Å²) in [6, 6.07) is 0. The predicted octanol–water partition coefficient (Wildman–Crippen LogP) is 1.22. The molecule has 0 aromatic heterocycles. The molecule has 5 nitrogen and oxygen atoms in total. The highest BCUT2D eigenvalue weighted by Crippen LogP contribution is 2.36. The van der Waals surface area contributed by atoms with Gasteiger partial charge in [-0.15, -0.1) is 0 Å². The summed E-state index contributed by atoms with van der Waals surface area (Å²) >= 11 is 0. The molecule has 0 unspecified atom stereocenters. The zero-order chi connectivity index (χ0) is 16.0. The molecule has 20 heavy (non-hydrogen) atoms. The van der Waals surface area contributed by atoms with E-state index in [0.717, 1.165) is 7.11 Å². The van der Waals surface area contributed by atoms with E-state index in [0.29, 0.717) is 0 Å². The fourth-order valence-electron chi connectivity index (χ4n) is 1.16. The van der Waals surface area contributed by atoms with Crippen LogP contribution in [-0.4, -0.2) is 62.8 Å². The van der Waals surface area contributed by atoms with Crippen molar-refractivity contribution in [3.8, 4) is 0 Å². The Morgan fingerprint density at radius 3 is 2.00 bits per heavy atom. The maximum atomic E-state index is 12.9. The molecule has 0 aromatic rings. The summed E-state index contributed by atoms with van der Waals surface area (Å²) in [5, 5.41) is 0. The van der Waals surface area contributed by atoms with Crippen molar-refractivity contribution in [3.05, 3.63) is 0 Å². The summed E-state index contributed by atoms with van der Waals surface area (Å²) in [6.45, 7) is -1.38. The van der Waals surface area contributed by atoms with Crippen LogP contribution in [0.25, 0.3) is 0 Å². The molecule has 0 fully saturated rings. The van der Waals surface area contributed by atoms with Crippen LogP contribution in [0.15, 0.2) is 0 Å². The van der Waals surface area contributed by atoms with Gasteiger partial charge in [0.1, 0.15) is 0 Å². The number of methoxy groups -OCH3 is 2. The fourth-order valence-corrected chi connectivity index (χ4v) is 1.16. The molecule has 0 saturated carbocycles. The maximum Gasteiger partial charge on any atom is 0.463 e. The number of carbonyl (C=O) groups is 2. The summed E-state index contributed by atoms with van der Waals surface area (Å²) in [5.41, 5.74) is 0. The molecule has 0 saturated heterocycles. The van der Waals surface area contributed by atoms with Gasteiger partial charge in [-0.3, -0.25) is 9.59 Å². The van der Waals surface area contributed by atoms with E-state index in [-0.39, 0.29) is 11.5 Å². The molecule has 0 rings (SSSR count). The van der Waals surface area contributed by atoms with E-state index in [1.165, 1.54) is 7.11 Å². The van der Waals surface area contributed by atoms with Gasteiger partial charge in [0, 0.05) is 20.2 Å². The molecule has 0 spiro atoms. The van der Waals surface area contributed by atoms with Gasteiger partial charge in [-0.25, -0.2) is 0 Å². The summed E-state index contributed by atoms with van der Waals surface area (Å²) < 4.78 is 70.9. The van der Waals surface area contributed by atoms with Gasteiger partial charge in [-0.2, -0.15) is 22.0 Å². The average Bonchev–Trinajstić information content (AvgIpc) is 2.36. The number of hydrogen-bond acceptors (Lipinski definition) is 4. The van der Waals surface area contributed by atoms with E-state index in [2.05, 4.69) is 9.47 Å². The van der Waals surface area contributed by atoms with Crippen LogP contribution in [0.1, 0.15) is 6.42 Å². The third-order valence-electron chi connectivity index (χ3n) is 2.29. The molecule has 0 aliphatic rings. The highest BCUT2D eigenvalue weighted by Gasteiger charge is 2.64. The lowest BCUT2D eigenvalue weighted by molar-refractivity contribution is -0.274. The number of ether oxygens (including phenoxy) is 2. The van der Waals surface area contributed by atoms with E-state index in [1.54, 1.807) is 0 Å². The van der Waals surface area contributed by atoms with E-state index in [4.69, 9.17) is 0 Å². The first-order valence-electron chi connectivity index (χ1n) is 5.37. The smallest absolute Gasteiger partial charge is 0.463 e. The second-order valence-corrected chi connectivity index (χ2v) is 3.68. The number of carbonyl (C=O) groups excluding carboxylic acids is 2. The van der Waals surface area contributed by atoms with Crippen LogP contribution in [0.2, 0.25) is 0 Å². The van der Waals surface area contributed by atoms with Crippen molar-refractivity contribution in [2.24, 2.45) is 0 Å². The lowest BCUT2D eigenvalue weighted by Gasteiger charge is -2.27. The highest BCUT2D eigenvalue weighted by atomic mass is 19.4. The Hall–Kier alpha value is -1.45. The number of amides is 1. The first kappa shape index (κ1) is 18.6. The Labute approximate surface area is 111 Å². The van der Waals surface area contributed by atoms with E-state index in [1.807, 2.05) is 0 Å². The molecule has 0 atom stereocenters. The van der Waals surface area contributed by atoms with Gasteiger partial charge < -0.3 is 14.4 Å². The predicted molar refractivity (Wildman–Crippen MR) is 56.1 cm³/mol. The van der Waals surface area contributed by atoms with Crippen LogP contribution < -0.4 is 0 Å². The van der Waals surface area contributed by atoms with E-state index < -0.39 is 43.5 Å². The van der Waals surface area contributed by atoms with Gasteiger partial charge in [0.15, 0.2) is 0 Å². The van der Waals surface area contributed by atoms with Crippen molar-refractivity contribution in [1.82, 2.24) is 4.90 Å². The normalized spacial score (nSPS) is 12.2. The number of esters is 1. The zero-order valence-electron chi connectivity index (χ0n) is 10.8. The van der Waals surface area contributed by atoms with Gasteiger partial charge in [0.05, 0.1) is 20.1 Å². The molecule has 118 valence electrons. The maximum absolute atomic E-state index is 12.9. The van der Waals surface area contributed by atoms with Crippen LogP contribution >= 0.6 is 0 Å². The minimum atomic E-state index is -6.00. The Balaban J connectivity index is 4.93. The molecule has 0 heterocycles. The van der Waals surface area contributed by atoms with Crippen LogP contribution in [0.5, 0.6) is 0 Å². The Kier molecular flexibility index (Phi) is 6.83. The molecule has 0 radical (unpaired) electrons. The molecular weight excluding hydrogens is 293 g/mol. The minimum Gasteiger partial charge on any atom is -0.469 e. The lowest BCUT2D eigenvalue weighted by atomic mass is 10.2. The summed E-state index contributed by atoms with van der Waals surface area (Å²) in [5.74, 6) is -8.78. The molecule has 10 heteroatoms. The van der Waals surface area contributed by atoms with Crippen LogP contribution in [-0.2, 0) is 19.1 Å². The largest absolute Gasteiger partial charge is 0.469 e. The second-order valence-electron chi connectivity index (χ2n) is 3.68. The van der Waals surface area contributed by atoms with Gasteiger partial charge >= 0.3 is 24.0 Å². The van der Waals surface area contributed by atoms with E-state index >= 15 is 0 Å². The first-order chi connectivity index (χ1) is 9.07. The first-order valence-corrected chi connectivity index (χ1v) is 5.37. The SMILES string of the molecule is COCCN(CCC(=O)OC)C(=O)C(F)(F)C(F)(F)F. The lowest BCUT2D eigenvalue weighted by Crippen LogP contribution is -2.53. The minimum absolute atomic E-state index is 0.216. The quantitative estimate of drug-likeness (QED) is 0.524. The van der Waals surface area contributed by atoms with Crippen molar-refractivity contribution < 1.29 is 41.0 Å². The Morgan fingerprint density at radius 2 is 1.60 bits per heavy atom. The van der Waals surface area contributed by atoms with Crippen molar-refractivity contribution >= 4 is 11.9 Å². The van der Waals surface area contributed by atoms with Crippen molar-refractivity contribution in [3.63, 3.8) is 0 Å². The summed E-state index contributed by atoms with van der Waals surface area (Å²) in [6.07, 6.45) is -6.50. The number of rotatable bonds is 7. The molecule has 0 bridgehead atoms. The summed E-state index contributed by atoms with van der Waals surface area (Å²) in [4.78, 5) is 22.3. The number of hydrogen-bond donors (Lipinski definition) is 0. The zero-order valence-corrected chi connectivity index (χ0v) is 10.8. The Morgan fingerprint density at radius 1 is 1.05 bits per heavy atom. The average molecular weight is 307 g/mol. The topological polar surface area (TPSA) is 55.8 Å². The number of halogens is 5. The van der Waals surface area contributed by atoms with Crippen LogP contribution in [0, 0.1) is 0 Å². The third-order valence-corrected chi connectivity index (χ3v) is 2.29. The monoisotopic (exact) mass is 307 g/mol. The molecule has 0 aliphatic carbocycles. The van der Waals surface area contributed by atoms with Gasteiger partial charge in [-0.05, 0) is 0 Å². The summed E-state index contributed by atoms with van der Waals surface area (Å²) in [7, 11) is 2.21. The van der Waals surface area contributed by atoms with Gasteiger partial charge in [0.25, 0.3) is 0 Å². The van der Waals surface area contributed by atoms with Crippen LogP contribution in [0.4, 0.5) is 22.0 Å². The standard InChI is InChI=1S/C10H14F5NO4/c1-19-6-5-16(4-3-7(17)20-2)8(18)9(11,12)10(13,14)15/h3-6H2,1-2H3. The highest BCUT2D eigenvalue weighted by molar-refractivity contribution is 5.84. The van der Waals surface area contributed by atoms with Crippen molar-refractivity contribution in [2.75, 3.05) is 33.9 Å². The molecule has 0 N–H and O–H groups in total. The van der Waals surface area contributed by atoms with Crippen LogP contribution in [0.3, 0.4) is 0 Å². The number of nitrogens with zero attached hydrogens (tertiary/aromatic N) is 1. The second kappa shape index (κ2) is 7.36. The van der Waals surface area contributed by atoms with Gasteiger partial charge in [0.2, 0.25) is 0 Å². The van der Waals surface area contributed by atoms with E-state index in [9.17, 15) is 31.5 Å². The van der Waals surface area contributed by atoms with Crippen molar-refractivity contribution in [1.29, 1.82) is 0 Å². The molecular formula is C10H14F5NO4. The third kappa shape index (κ3) is 4.91. The van der Waals surface area contributed by atoms with Gasteiger partial charge in [-0.1, -0.05) is 0 Å². The van der Waals surface area contributed by atoms with Crippen molar-refractivity contribution in [2.45, 2.75) is 18.5 Å². The fraction of sp³-hybridized carbons (Fsp3) is 0.800. The Bertz CT molecular complexity index is 345. The number of alkyl halides is 5. The molecule has 0 aliphatic heterocycles. The molecule has 1 amide bonds.